The van der Waals surface area contributed by atoms with Crippen molar-refractivity contribution in [2.45, 2.75) is 302 Å². The van der Waals surface area contributed by atoms with Crippen LogP contribution in [0.1, 0.15) is 296 Å². The van der Waals surface area contributed by atoms with E-state index in [9.17, 15) is 19.0 Å². The molecule has 2 atom stereocenters. The van der Waals surface area contributed by atoms with Gasteiger partial charge in [-0.1, -0.05) is 314 Å². The molecule has 0 heterocycles. The first-order valence-corrected chi connectivity index (χ1v) is 36.8. The topological polar surface area (TPSA) is 134 Å². The van der Waals surface area contributed by atoms with E-state index in [1.54, 1.807) is 0 Å². The summed E-state index contributed by atoms with van der Waals surface area (Å²) >= 11 is 0. The molecule has 3 N–H and O–H groups in total. The summed E-state index contributed by atoms with van der Waals surface area (Å²) < 4.78 is 33.2. The summed E-state index contributed by atoms with van der Waals surface area (Å²) in [7, 11) is -4.41. The molecule has 87 heavy (non-hydrogen) atoms. The Bertz CT molecular complexity index is 1940. The lowest BCUT2D eigenvalue weighted by molar-refractivity contribution is -0.161. The Morgan fingerprint density at radius 3 is 0.885 bits per heavy atom. The molecule has 9 nitrogen and oxygen atoms in total. The number of allylic oxidation sites excluding steroid dienone is 24. The minimum atomic E-state index is -4.41. The standard InChI is InChI=1S/C77H130NO8P/c1-3-5-7-9-11-13-15-17-19-21-23-25-27-29-31-33-34-35-36-37-38-39-40-42-43-45-47-49-51-53-55-57-59-61-63-65-67-69-76(79)83-73-75(74-85-87(81,82)84-72-71-78)86-77(80)70-68-66-64-62-60-58-56-54-52-50-48-46-44-41-32-30-28-26-24-22-20-18-16-14-12-10-8-6-4-2/h5-8,11-14,17-20,23-26,29-32,44,46,50,52,75H,3-4,9-10,15-16,21-22,27-28,33-43,45,47-49,51,53-74,78H2,1-2H3,(H,81,82)/b7-5-,8-6-,13-11-,14-12-,19-17-,20-18-,25-23-,26-24-,31-29-,32-30-,46-44-,52-50-. The van der Waals surface area contributed by atoms with Gasteiger partial charge in [0.15, 0.2) is 6.10 Å². The Morgan fingerprint density at radius 1 is 0.345 bits per heavy atom. The maximum Gasteiger partial charge on any atom is 0.472 e. The molecular formula is C77H130NO8P. The van der Waals surface area contributed by atoms with Gasteiger partial charge in [-0.25, -0.2) is 4.57 Å². The van der Waals surface area contributed by atoms with Crippen molar-refractivity contribution in [1.29, 1.82) is 0 Å². The highest BCUT2D eigenvalue weighted by Crippen LogP contribution is 2.43. The van der Waals surface area contributed by atoms with Gasteiger partial charge in [-0.05, 0) is 116 Å². The quantitative estimate of drug-likeness (QED) is 0.0264. The van der Waals surface area contributed by atoms with Crippen LogP contribution in [0.5, 0.6) is 0 Å². The average molecular weight is 1230 g/mol. The zero-order valence-corrected chi connectivity index (χ0v) is 56.6. The molecule has 0 aromatic carbocycles. The van der Waals surface area contributed by atoms with Crippen LogP contribution in [-0.2, 0) is 32.7 Å². The molecule has 0 aliphatic rings. The predicted octanol–water partition coefficient (Wildman–Crippen LogP) is 23.4. The van der Waals surface area contributed by atoms with Crippen molar-refractivity contribution in [2.75, 3.05) is 26.4 Å². The van der Waals surface area contributed by atoms with Gasteiger partial charge in [0.1, 0.15) is 6.61 Å². The maximum absolute atomic E-state index is 12.8. The van der Waals surface area contributed by atoms with E-state index in [1.807, 2.05) is 0 Å². The second-order valence-electron chi connectivity index (χ2n) is 23.0. The number of phosphoric ester groups is 1. The lowest BCUT2D eigenvalue weighted by atomic mass is 10.0. The zero-order valence-electron chi connectivity index (χ0n) is 55.7. The molecule has 10 heteroatoms. The van der Waals surface area contributed by atoms with Crippen molar-refractivity contribution in [1.82, 2.24) is 0 Å². The Hall–Kier alpha value is -4.11. The summed E-state index contributed by atoms with van der Waals surface area (Å²) in [6.45, 7) is 3.52. The first-order valence-electron chi connectivity index (χ1n) is 35.3. The van der Waals surface area contributed by atoms with E-state index >= 15 is 0 Å². The number of carbonyl (C=O) groups excluding carboxylic acids is 2. The normalized spacial score (nSPS) is 13.8. The number of ether oxygens (including phenoxy) is 2. The van der Waals surface area contributed by atoms with Crippen molar-refractivity contribution in [3.05, 3.63) is 146 Å². The van der Waals surface area contributed by atoms with Crippen molar-refractivity contribution >= 4 is 19.8 Å². The molecule has 0 spiro atoms. The van der Waals surface area contributed by atoms with E-state index in [-0.39, 0.29) is 38.6 Å². The van der Waals surface area contributed by atoms with E-state index in [1.165, 1.54) is 141 Å². The van der Waals surface area contributed by atoms with Gasteiger partial charge in [-0.15, -0.1) is 0 Å². The van der Waals surface area contributed by atoms with Crippen molar-refractivity contribution < 1.29 is 37.6 Å². The molecular weight excluding hydrogens is 1100 g/mol. The third-order valence-electron chi connectivity index (χ3n) is 14.7. The van der Waals surface area contributed by atoms with Gasteiger partial charge in [-0.3, -0.25) is 18.6 Å². The van der Waals surface area contributed by atoms with Crippen LogP contribution in [0.25, 0.3) is 0 Å². The minimum absolute atomic E-state index is 0.0458. The summed E-state index contributed by atoms with van der Waals surface area (Å²) in [5.41, 5.74) is 5.40. The smallest absolute Gasteiger partial charge is 0.462 e. The fourth-order valence-corrected chi connectivity index (χ4v) is 10.4. The predicted molar refractivity (Wildman–Crippen MR) is 376 cm³/mol. The largest absolute Gasteiger partial charge is 0.472 e. The van der Waals surface area contributed by atoms with Crippen LogP contribution < -0.4 is 5.73 Å². The fourth-order valence-electron chi connectivity index (χ4n) is 9.59. The summed E-state index contributed by atoms with van der Waals surface area (Å²) in [4.78, 5) is 35.4. The van der Waals surface area contributed by atoms with Gasteiger partial charge in [0.2, 0.25) is 0 Å². The van der Waals surface area contributed by atoms with Crippen molar-refractivity contribution in [3.8, 4) is 0 Å². The summed E-state index contributed by atoms with van der Waals surface area (Å²) in [6, 6.07) is 0. The van der Waals surface area contributed by atoms with Gasteiger partial charge in [0.05, 0.1) is 13.2 Å². The van der Waals surface area contributed by atoms with Crippen LogP contribution in [0.3, 0.4) is 0 Å². The molecule has 0 aromatic heterocycles. The van der Waals surface area contributed by atoms with Gasteiger partial charge in [0, 0.05) is 19.4 Å². The van der Waals surface area contributed by atoms with E-state index in [4.69, 9.17) is 24.3 Å². The summed E-state index contributed by atoms with van der Waals surface area (Å²) in [5.74, 6) is -0.839. The second-order valence-corrected chi connectivity index (χ2v) is 24.4. The average Bonchev–Trinajstić information content (AvgIpc) is 3.63. The monoisotopic (exact) mass is 1230 g/mol. The van der Waals surface area contributed by atoms with Crippen LogP contribution in [0.15, 0.2) is 146 Å². The highest BCUT2D eigenvalue weighted by molar-refractivity contribution is 7.47. The van der Waals surface area contributed by atoms with Crippen LogP contribution in [0.2, 0.25) is 0 Å². The number of unbranched alkanes of at least 4 members (excludes halogenated alkanes) is 28. The van der Waals surface area contributed by atoms with Gasteiger partial charge < -0.3 is 20.1 Å². The molecule has 2 unspecified atom stereocenters. The van der Waals surface area contributed by atoms with Gasteiger partial charge in [0.25, 0.3) is 0 Å². The van der Waals surface area contributed by atoms with Gasteiger partial charge in [-0.2, -0.15) is 0 Å². The van der Waals surface area contributed by atoms with E-state index in [2.05, 4.69) is 160 Å². The lowest BCUT2D eigenvalue weighted by Gasteiger charge is -2.19. The molecule has 0 fully saturated rings. The Balaban J connectivity index is 3.90. The highest BCUT2D eigenvalue weighted by Gasteiger charge is 2.26. The molecule has 0 radical (unpaired) electrons. The molecule has 0 amide bonds. The van der Waals surface area contributed by atoms with Crippen LogP contribution in [0.4, 0.5) is 0 Å². The number of carbonyl (C=O) groups is 2. The SMILES string of the molecule is CC/C=C\C/C=C\C/C=C\C/C=C\C/C=C\C/C=C\C/C=C\CCCCCCCCCC(=O)OC(COC(=O)CCCCCCCCCCCCCCCCCCCCCCC/C=C\C/C=C\C/C=C\C/C=C\C/C=C\CC)COP(=O)(O)OCCN. The molecule has 0 rings (SSSR count). The number of nitrogens with two attached hydrogens (primary N) is 1. The number of phosphoric acid groups is 1. The minimum Gasteiger partial charge on any atom is -0.462 e. The van der Waals surface area contributed by atoms with Crippen LogP contribution in [0, 0.1) is 0 Å². The van der Waals surface area contributed by atoms with Crippen LogP contribution >= 0.6 is 7.82 Å². The Labute approximate surface area is 535 Å². The maximum atomic E-state index is 12.8. The van der Waals surface area contributed by atoms with Crippen molar-refractivity contribution in [3.63, 3.8) is 0 Å². The molecule has 496 valence electrons. The fraction of sp³-hybridized carbons (Fsp3) is 0.662. The first kappa shape index (κ1) is 82.9. The van der Waals surface area contributed by atoms with E-state index in [0.717, 1.165) is 122 Å². The lowest BCUT2D eigenvalue weighted by Crippen LogP contribution is -2.29. The number of hydrogen-bond acceptors (Lipinski definition) is 8. The van der Waals surface area contributed by atoms with Gasteiger partial charge >= 0.3 is 19.8 Å². The third kappa shape index (κ3) is 70.8. The van der Waals surface area contributed by atoms with Crippen LogP contribution in [-0.4, -0.2) is 49.3 Å². The highest BCUT2D eigenvalue weighted by atomic mass is 31.2. The summed E-state index contributed by atoms with van der Waals surface area (Å²) in [5, 5.41) is 0. The third-order valence-corrected chi connectivity index (χ3v) is 15.7. The van der Waals surface area contributed by atoms with E-state index < -0.39 is 26.5 Å². The Morgan fingerprint density at radius 2 is 0.598 bits per heavy atom. The number of esters is 2. The molecule has 0 saturated heterocycles. The van der Waals surface area contributed by atoms with E-state index in [0.29, 0.717) is 6.42 Å². The molecule has 0 bridgehead atoms. The Kier molecular flexibility index (Phi) is 67.6. The zero-order chi connectivity index (χ0) is 63.0. The molecule has 0 saturated carbocycles. The molecule has 0 aromatic rings. The summed E-state index contributed by atoms with van der Waals surface area (Å²) in [6.07, 6.45) is 102. The number of hydrogen-bond donors (Lipinski definition) is 2. The van der Waals surface area contributed by atoms with Crippen molar-refractivity contribution in [2.24, 2.45) is 5.73 Å². The first-order chi connectivity index (χ1) is 42.8. The molecule has 0 aliphatic carbocycles. The second kappa shape index (κ2) is 71.0. The molecule has 0 aliphatic heterocycles. The number of rotatable bonds is 65.